The summed E-state index contributed by atoms with van der Waals surface area (Å²) in [6, 6.07) is 6.22. The number of ether oxygens (including phenoxy) is 2. The Morgan fingerprint density at radius 2 is 1.86 bits per heavy atom. The van der Waals surface area contributed by atoms with Gasteiger partial charge >= 0.3 is 0 Å². The number of likely N-dealkylation sites (tertiary alicyclic amines) is 1. The lowest BCUT2D eigenvalue weighted by Gasteiger charge is -2.30. The number of carbonyl (C=O) groups is 1. The van der Waals surface area contributed by atoms with Crippen molar-refractivity contribution in [3.05, 3.63) is 23.8 Å². The molecule has 1 amide bonds. The normalized spacial score (nSPS) is 24.7. The third kappa shape index (κ3) is 2.34. The van der Waals surface area contributed by atoms with Gasteiger partial charge in [0.2, 0.25) is 5.91 Å². The molecule has 4 heteroatoms. The lowest BCUT2D eigenvalue weighted by Crippen LogP contribution is -2.35. The summed E-state index contributed by atoms with van der Waals surface area (Å²) in [5.74, 6) is 2.28. The van der Waals surface area contributed by atoms with Gasteiger partial charge in [-0.05, 0) is 31.7 Å². The van der Waals surface area contributed by atoms with Crippen molar-refractivity contribution >= 4 is 5.91 Å². The van der Waals surface area contributed by atoms with Crippen molar-refractivity contribution in [2.45, 2.75) is 44.6 Å². The zero-order chi connectivity index (χ0) is 14.9. The van der Waals surface area contributed by atoms with Crippen LogP contribution in [-0.4, -0.2) is 30.6 Å². The molecule has 22 heavy (non-hydrogen) atoms. The molecule has 1 aromatic carbocycles. The summed E-state index contributed by atoms with van der Waals surface area (Å²) < 4.78 is 11.5. The molecule has 3 aliphatic rings. The van der Waals surface area contributed by atoms with Crippen molar-refractivity contribution in [2.24, 2.45) is 5.92 Å². The Kier molecular flexibility index (Phi) is 3.68. The fourth-order valence-electron chi connectivity index (χ4n) is 4.12. The van der Waals surface area contributed by atoms with E-state index in [9.17, 15) is 4.79 Å². The molecular formula is C18H23NO3. The van der Waals surface area contributed by atoms with Crippen LogP contribution in [0.1, 0.15) is 50.1 Å². The first-order valence-electron chi connectivity index (χ1n) is 8.53. The van der Waals surface area contributed by atoms with Gasteiger partial charge in [-0.15, -0.1) is 0 Å². The molecule has 1 aromatic rings. The molecular weight excluding hydrogens is 278 g/mol. The van der Waals surface area contributed by atoms with Crippen LogP contribution in [0.15, 0.2) is 18.2 Å². The van der Waals surface area contributed by atoms with Gasteiger partial charge in [0.05, 0.1) is 6.04 Å². The van der Waals surface area contributed by atoms with E-state index in [0.717, 1.165) is 49.3 Å². The van der Waals surface area contributed by atoms with Gasteiger partial charge in [-0.25, -0.2) is 0 Å². The second-order valence-corrected chi connectivity index (χ2v) is 6.54. The number of para-hydroxylation sites is 1. The molecule has 0 unspecified atom stereocenters. The number of benzene rings is 1. The predicted molar refractivity (Wildman–Crippen MR) is 83.1 cm³/mol. The summed E-state index contributed by atoms with van der Waals surface area (Å²) in [6.07, 6.45) is 6.63. The molecule has 0 radical (unpaired) electrons. The van der Waals surface area contributed by atoms with Crippen molar-refractivity contribution in [3.8, 4) is 11.5 Å². The van der Waals surface area contributed by atoms with Crippen molar-refractivity contribution in [3.63, 3.8) is 0 Å². The van der Waals surface area contributed by atoms with E-state index in [2.05, 4.69) is 11.0 Å². The summed E-state index contributed by atoms with van der Waals surface area (Å²) in [7, 11) is 0. The van der Waals surface area contributed by atoms with Crippen LogP contribution in [0.5, 0.6) is 11.5 Å². The molecule has 1 atom stereocenters. The number of rotatable bonds is 2. The number of amides is 1. The highest BCUT2D eigenvalue weighted by Crippen LogP contribution is 2.43. The Morgan fingerprint density at radius 1 is 1.05 bits per heavy atom. The summed E-state index contributed by atoms with van der Waals surface area (Å²) in [5, 5.41) is 0. The zero-order valence-corrected chi connectivity index (χ0v) is 12.9. The molecule has 1 aliphatic carbocycles. The number of hydrogen-bond acceptors (Lipinski definition) is 3. The van der Waals surface area contributed by atoms with Crippen LogP contribution in [0.4, 0.5) is 0 Å². The summed E-state index contributed by atoms with van der Waals surface area (Å²) >= 11 is 0. The maximum Gasteiger partial charge on any atom is 0.226 e. The molecule has 1 saturated heterocycles. The van der Waals surface area contributed by atoms with Gasteiger partial charge in [0.15, 0.2) is 11.5 Å². The van der Waals surface area contributed by atoms with E-state index in [-0.39, 0.29) is 12.0 Å². The Morgan fingerprint density at radius 3 is 2.73 bits per heavy atom. The fourth-order valence-corrected chi connectivity index (χ4v) is 4.12. The highest BCUT2D eigenvalue weighted by molar-refractivity contribution is 5.80. The van der Waals surface area contributed by atoms with Gasteiger partial charge in [-0.1, -0.05) is 25.0 Å². The van der Waals surface area contributed by atoms with E-state index < -0.39 is 0 Å². The second kappa shape index (κ2) is 5.82. The van der Waals surface area contributed by atoms with Gasteiger partial charge in [0.25, 0.3) is 0 Å². The lowest BCUT2D eigenvalue weighted by molar-refractivity contribution is -0.136. The van der Waals surface area contributed by atoms with E-state index in [0.29, 0.717) is 19.1 Å². The Hall–Kier alpha value is -1.71. The van der Waals surface area contributed by atoms with E-state index in [1.165, 1.54) is 12.8 Å². The number of fused-ring (bicyclic) bond motifs is 1. The topological polar surface area (TPSA) is 38.8 Å². The smallest absolute Gasteiger partial charge is 0.226 e. The summed E-state index contributed by atoms with van der Waals surface area (Å²) in [6.45, 7) is 2.07. The van der Waals surface area contributed by atoms with Crippen LogP contribution in [0.2, 0.25) is 0 Å². The van der Waals surface area contributed by atoms with Crippen molar-refractivity contribution < 1.29 is 14.3 Å². The summed E-state index contributed by atoms with van der Waals surface area (Å²) in [4.78, 5) is 15.0. The summed E-state index contributed by atoms with van der Waals surface area (Å²) in [5.41, 5.74) is 1.13. The maximum absolute atomic E-state index is 12.9. The van der Waals surface area contributed by atoms with Gasteiger partial charge in [-0.2, -0.15) is 0 Å². The lowest BCUT2D eigenvalue weighted by atomic mass is 10.0. The molecule has 4 rings (SSSR count). The molecule has 0 spiro atoms. The van der Waals surface area contributed by atoms with Crippen LogP contribution in [-0.2, 0) is 4.79 Å². The Bertz CT molecular complexity index is 565. The largest absolute Gasteiger partial charge is 0.486 e. The quantitative estimate of drug-likeness (QED) is 0.841. The molecule has 0 N–H and O–H groups in total. The van der Waals surface area contributed by atoms with E-state index in [1.54, 1.807) is 0 Å². The Labute approximate surface area is 131 Å². The molecule has 118 valence electrons. The van der Waals surface area contributed by atoms with Gasteiger partial charge in [-0.3, -0.25) is 4.79 Å². The van der Waals surface area contributed by atoms with Gasteiger partial charge < -0.3 is 14.4 Å². The van der Waals surface area contributed by atoms with Crippen molar-refractivity contribution in [2.75, 3.05) is 19.8 Å². The molecule has 0 aromatic heterocycles. The average Bonchev–Trinajstić information content (AvgIpc) is 3.25. The Balaban J connectivity index is 1.62. The maximum atomic E-state index is 12.9. The third-order valence-electron chi connectivity index (χ3n) is 5.20. The van der Waals surface area contributed by atoms with Crippen molar-refractivity contribution in [1.82, 2.24) is 4.90 Å². The van der Waals surface area contributed by atoms with Crippen LogP contribution < -0.4 is 9.47 Å². The van der Waals surface area contributed by atoms with E-state index in [1.807, 2.05) is 12.1 Å². The first-order chi connectivity index (χ1) is 10.8. The van der Waals surface area contributed by atoms with E-state index >= 15 is 0 Å². The monoisotopic (exact) mass is 301 g/mol. The highest BCUT2D eigenvalue weighted by atomic mass is 16.6. The second-order valence-electron chi connectivity index (χ2n) is 6.54. The van der Waals surface area contributed by atoms with E-state index in [4.69, 9.17) is 9.47 Å². The molecule has 2 fully saturated rings. The SMILES string of the molecule is O=C(C1CCCC1)N1CCC[C@H]1c1cccc2c1OCCO2. The van der Waals surface area contributed by atoms with Crippen LogP contribution >= 0.6 is 0 Å². The standard InChI is InChI=1S/C18H23NO3/c20-18(13-5-1-2-6-13)19-10-4-8-15(19)14-7-3-9-16-17(14)22-12-11-21-16/h3,7,9,13,15H,1-2,4-6,8,10-12H2/t15-/m0/s1. The zero-order valence-electron chi connectivity index (χ0n) is 12.9. The van der Waals surface area contributed by atoms with Crippen LogP contribution in [0.25, 0.3) is 0 Å². The minimum absolute atomic E-state index is 0.157. The van der Waals surface area contributed by atoms with Gasteiger partial charge in [0.1, 0.15) is 13.2 Å². The number of nitrogens with zero attached hydrogens (tertiary/aromatic N) is 1. The van der Waals surface area contributed by atoms with Gasteiger partial charge in [0, 0.05) is 18.0 Å². The number of carbonyl (C=O) groups excluding carboxylic acids is 1. The average molecular weight is 301 g/mol. The number of hydrogen-bond donors (Lipinski definition) is 0. The fraction of sp³-hybridized carbons (Fsp3) is 0.611. The molecule has 0 bridgehead atoms. The predicted octanol–water partition coefficient (Wildman–Crippen LogP) is 3.31. The van der Waals surface area contributed by atoms with Crippen LogP contribution in [0.3, 0.4) is 0 Å². The molecule has 2 aliphatic heterocycles. The van der Waals surface area contributed by atoms with Crippen molar-refractivity contribution in [1.29, 1.82) is 0 Å². The third-order valence-corrected chi connectivity index (χ3v) is 5.20. The molecule has 4 nitrogen and oxygen atoms in total. The molecule has 2 heterocycles. The minimum atomic E-state index is 0.157. The highest BCUT2D eigenvalue weighted by Gasteiger charge is 2.37. The molecule has 1 saturated carbocycles. The van der Waals surface area contributed by atoms with Crippen LogP contribution in [0, 0.1) is 5.92 Å². The minimum Gasteiger partial charge on any atom is -0.486 e. The first kappa shape index (κ1) is 13.9. The first-order valence-corrected chi connectivity index (χ1v) is 8.53.